The fraction of sp³-hybridized carbons (Fsp3) is 0.500. The summed E-state index contributed by atoms with van der Waals surface area (Å²) in [5.74, 6) is -1.07. The highest BCUT2D eigenvalue weighted by Gasteiger charge is 2.52. The quantitative estimate of drug-likeness (QED) is 0.411. The van der Waals surface area contributed by atoms with Crippen LogP contribution in [0.4, 0.5) is 0 Å². The Morgan fingerprint density at radius 3 is 2.89 bits per heavy atom. The van der Waals surface area contributed by atoms with Crippen molar-refractivity contribution >= 4 is 29.4 Å². The molecule has 0 spiro atoms. The minimum atomic E-state index is -1.15. The highest BCUT2D eigenvalue weighted by molar-refractivity contribution is 8.00. The molecule has 7 nitrogen and oxygen atoms in total. The summed E-state index contributed by atoms with van der Waals surface area (Å²) in [5.41, 5.74) is 6.54. The lowest BCUT2D eigenvalue weighted by molar-refractivity contribution is -0.147. The van der Waals surface area contributed by atoms with Crippen LogP contribution >= 0.6 is 11.8 Å². The first-order valence-corrected chi connectivity index (χ1v) is 6.28. The molecule has 1 saturated heterocycles. The number of amides is 1. The first-order chi connectivity index (χ1) is 8.49. The standard InChI is InChI=1S/C10H13N3O4S/c1-4(12-17-2)5-3-18-9-6(11)8(14)13(9)7(5)10(15)16/h6,9H,3,11H2,1-2H3,(H,15,16)/b12-4+/t6-,9-/m1/s1. The van der Waals surface area contributed by atoms with E-state index in [1.807, 2.05) is 0 Å². The molecule has 0 radical (unpaired) electrons. The van der Waals surface area contributed by atoms with Gasteiger partial charge in [-0.1, -0.05) is 5.16 Å². The summed E-state index contributed by atoms with van der Waals surface area (Å²) in [6.45, 7) is 1.65. The van der Waals surface area contributed by atoms with Crippen molar-refractivity contribution < 1.29 is 19.5 Å². The molecular weight excluding hydrogens is 258 g/mol. The van der Waals surface area contributed by atoms with Gasteiger partial charge in [-0.25, -0.2) is 4.79 Å². The number of hydrogen-bond acceptors (Lipinski definition) is 6. The van der Waals surface area contributed by atoms with Gasteiger partial charge >= 0.3 is 5.97 Å². The molecule has 0 unspecified atom stereocenters. The number of carboxylic acids is 1. The van der Waals surface area contributed by atoms with Crippen molar-refractivity contribution in [1.29, 1.82) is 0 Å². The molecule has 3 N–H and O–H groups in total. The molecule has 18 heavy (non-hydrogen) atoms. The second-order valence-corrected chi connectivity index (χ2v) is 5.03. The van der Waals surface area contributed by atoms with E-state index < -0.39 is 12.0 Å². The van der Waals surface area contributed by atoms with Crippen LogP contribution in [0.2, 0.25) is 0 Å². The highest BCUT2D eigenvalue weighted by atomic mass is 32.2. The Morgan fingerprint density at radius 1 is 1.67 bits per heavy atom. The van der Waals surface area contributed by atoms with Gasteiger partial charge in [0.2, 0.25) is 5.91 Å². The van der Waals surface area contributed by atoms with Crippen LogP contribution in [0, 0.1) is 0 Å². The smallest absolute Gasteiger partial charge is 0.353 e. The molecule has 0 aliphatic carbocycles. The van der Waals surface area contributed by atoms with E-state index in [2.05, 4.69) is 9.99 Å². The number of aliphatic carboxylic acids is 1. The number of carbonyl (C=O) groups is 2. The Kier molecular flexibility index (Phi) is 3.31. The summed E-state index contributed by atoms with van der Waals surface area (Å²) in [4.78, 5) is 28.8. The summed E-state index contributed by atoms with van der Waals surface area (Å²) in [5, 5.41) is 12.7. The van der Waals surface area contributed by atoms with E-state index >= 15 is 0 Å². The van der Waals surface area contributed by atoms with Crippen molar-refractivity contribution in [3.63, 3.8) is 0 Å². The molecule has 0 aromatic carbocycles. The van der Waals surface area contributed by atoms with E-state index in [1.54, 1.807) is 6.92 Å². The van der Waals surface area contributed by atoms with Gasteiger partial charge in [-0.05, 0) is 6.92 Å². The number of fused-ring (bicyclic) bond motifs is 1. The molecule has 0 saturated carbocycles. The minimum absolute atomic E-state index is 0.0382. The fourth-order valence-electron chi connectivity index (χ4n) is 1.98. The number of nitrogens with two attached hydrogens (primary N) is 1. The van der Waals surface area contributed by atoms with Gasteiger partial charge in [0.05, 0.1) is 5.71 Å². The Bertz CT molecular complexity index is 474. The van der Waals surface area contributed by atoms with Crippen molar-refractivity contribution in [3.05, 3.63) is 11.3 Å². The average molecular weight is 271 g/mol. The number of carbonyl (C=O) groups excluding carboxylic acids is 1. The molecule has 2 atom stereocenters. The lowest BCUT2D eigenvalue weighted by atomic mass is 10.0. The number of thioether (sulfide) groups is 1. The van der Waals surface area contributed by atoms with E-state index in [9.17, 15) is 14.7 Å². The first kappa shape index (κ1) is 12.9. The van der Waals surface area contributed by atoms with E-state index in [0.29, 0.717) is 17.0 Å². The summed E-state index contributed by atoms with van der Waals surface area (Å²) in [7, 11) is 1.38. The average Bonchev–Trinajstić information content (AvgIpc) is 2.36. The molecule has 2 heterocycles. The van der Waals surface area contributed by atoms with Crippen LogP contribution in [0.1, 0.15) is 6.92 Å². The van der Waals surface area contributed by atoms with E-state index in [-0.39, 0.29) is 17.0 Å². The van der Waals surface area contributed by atoms with Crippen LogP contribution in [-0.2, 0) is 14.4 Å². The Labute approximate surface area is 108 Å². The molecule has 2 rings (SSSR count). The molecule has 8 heteroatoms. The third-order valence-electron chi connectivity index (χ3n) is 2.88. The van der Waals surface area contributed by atoms with Crippen LogP contribution in [-0.4, -0.2) is 51.9 Å². The molecule has 2 aliphatic rings. The lowest BCUT2D eigenvalue weighted by Crippen LogP contribution is -2.68. The molecule has 0 aromatic rings. The molecule has 1 fully saturated rings. The second kappa shape index (κ2) is 4.62. The predicted octanol–water partition coefficient (Wildman–Crippen LogP) is -0.410. The van der Waals surface area contributed by atoms with Gasteiger partial charge in [0.15, 0.2) is 0 Å². The SMILES string of the molecule is CO/N=C(\C)C1=C(C(=O)O)N2C(=O)[C@@H](N)[C@H]2SC1. The van der Waals surface area contributed by atoms with Gasteiger partial charge < -0.3 is 15.7 Å². The number of oxime groups is 1. The van der Waals surface area contributed by atoms with Crippen LogP contribution in [0.5, 0.6) is 0 Å². The van der Waals surface area contributed by atoms with E-state index in [1.165, 1.54) is 23.8 Å². The third-order valence-corrected chi connectivity index (χ3v) is 4.18. The maximum atomic E-state index is 11.7. The van der Waals surface area contributed by atoms with Crippen LogP contribution in [0.3, 0.4) is 0 Å². The maximum Gasteiger partial charge on any atom is 0.353 e. The summed E-state index contributed by atoms with van der Waals surface area (Å²) < 4.78 is 0. The zero-order valence-electron chi connectivity index (χ0n) is 9.91. The first-order valence-electron chi connectivity index (χ1n) is 5.23. The second-order valence-electron chi connectivity index (χ2n) is 3.93. The number of hydrogen-bond donors (Lipinski definition) is 2. The number of nitrogens with zero attached hydrogens (tertiary/aromatic N) is 2. The zero-order chi connectivity index (χ0) is 13.4. The van der Waals surface area contributed by atoms with Crippen molar-refractivity contribution in [2.45, 2.75) is 18.3 Å². The minimum Gasteiger partial charge on any atom is -0.477 e. The zero-order valence-corrected chi connectivity index (χ0v) is 10.7. The normalized spacial score (nSPS) is 27.8. The molecule has 0 bridgehead atoms. The van der Waals surface area contributed by atoms with Crippen LogP contribution in [0.15, 0.2) is 16.4 Å². The monoisotopic (exact) mass is 271 g/mol. The van der Waals surface area contributed by atoms with E-state index in [4.69, 9.17) is 5.73 Å². The van der Waals surface area contributed by atoms with Gasteiger partial charge in [-0.15, -0.1) is 11.8 Å². The van der Waals surface area contributed by atoms with Crippen LogP contribution < -0.4 is 5.73 Å². The topological polar surface area (TPSA) is 105 Å². The van der Waals surface area contributed by atoms with Gasteiger partial charge in [-0.2, -0.15) is 0 Å². The largest absolute Gasteiger partial charge is 0.477 e. The summed E-state index contributed by atoms with van der Waals surface area (Å²) >= 11 is 1.43. The van der Waals surface area contributed by atoms with E-state index in [0.717, 1.165) is 0 Å². The molecular formula is C10H13N3O4S. The fourth-order valence-corrected chi connectivity index (χ4v) is 3.35. The molecule has 0 aromatic heterocycles. The summed E-state index contributed by atoms with van der Waals surface area (Å²) in [6.07, 6.45) is 0. The van der Waals surface area contributed by atoms with Crippen LogP contribution in [0.25, 0.3) is 0 Å². The van der Waals surface area contributed by atoms with Gasteiger partial charge in [0, 0.05) is 11.3 Å². The lowest BCUT2D eigenvalue weighted by Gasteiger charge is -2.47. The number of carboxylic acid groups (broad SMARTS) is 1. The number of β-lactam (4-membered cyclic amide) rings is 1. The Morgan fingerprint density at radius 2 is 2.33 bits per heavy atom. The Hall–Kier alpha value is -1.54. The third kappa shape index (κ3) is 1.77. The van der Waals surface area contributed by atoms with Crippen molar-refractivity contribution in [3.8, 4) is 0 Å². The van der Waals surface area contributed by atoms with Crippen molar-refractivity contribution in [2.75, 3.05) is 12.9 Å². The maximum absolute atomic E-state index is 11.7. The highest BCUT2D eigenvalue weighted by Crippen LogP contribution is 2.39. The Balaban J connectivity index is 2.44. The van der Waals surface area contributed by atoms with Gasteiger partial charge in [0.25, 0.3) is 0 Å². The van der Waals surface area contributed by atoms with Crippen molar-refractivity contribution in [2.24, 2.45) is 10.9 Å². The van der Waals surface area contributed by atoms with Gasteiger partial charge in [-0.3, -0.25) is 9.69 Å². The molecule has 2 aliphatic heterocycles. The molecule has 1 amide bonds. The molecule has 98 valence electrons. The van der Waals surface area contributed by atoms with Gasteiger partial charge in [0.1, 0.15) is 24.2 Å². The summed E-state index contributed by atoms with van der Waals surface area (Å²) in [6, 6.07) is -0.620. The predicted molar refractivity (Wildman–Crippen MR) is 65.8 cm³/mol. The number of rotatable bonds is 3. The van der Waals surface area contributed by atoms with Crippen molar-refractivity contribution in [1.82, 2.24) is 4.90 Å².